The van der Waals surface area contributed by atoms with E-state index < -0.39 is 6.10 Å². The predicted octanol–water partition coefficient (Wildman–Crippen LogP) is -0.678. The summed E-state index contributed by atoms with van der Waals surface area (Å²) in [5.74, 6) is 0. The first-order chi connectivity index (χ1) is 3.81. The van der Waals surface area contributed by atoms with E-state index in [4.69, 9.17) is 10.2 Å². The van der Waals surface area contributed by atoms with E-state index in [0.717, 1.165) is 4.55 Å². The van der Waals surface area contributed by atoms with Crippen LogP contribution >= 0.6 is 22.6 Å². The lowest BCUT2D eigenvalue weighted by atomic mass is 10.4. The van der Waals surface area contributed by atoms with Gasteiger partial charge in [-0.2, -0.15) is 0 Å². The molecule has 0 radical (unpaired) electrons. The summed E-state index contributed by atoms with van der Waals surface area (Å²) >= 11 is 2.13. The molecule has 0 saturated heterocycles. The highest BCUT2D eigenvalue weighted by Crippen LogP contribution is 1.78. The third-order valence-electron chi connectivity index (χ3n) is 0.685. The van der Waals surface area contributed by atoms with E-state index in [1.54, 1.807) is 0 Å². The largest absolute Gasteiger partial charge is 0.394 e. The van der Waals surface area contributed by atoms with Crippen LogP contribution in [0.5, 0.6) is 0 Å². The molecule has 1 unspecified atom stereocenters. The van der Waals surface area contributed by atoms with Crippen molar-refractivity contribution in [3.63, 3.8) is 0 Å². The lowest BCUT2D eigenvalue weighted by Gasteiger charge is -2.04. The lowest BCUT2D eigenvalue weighted by Crippen LogP contribution is -2.28. The Bertz CT molecular complexity index is 53.3. The van der Waals surface area contributed by atoms with E-state index in [2.05, 4.69) is 27.9 Å². The van der Waals surface area contributed by atoms with Crippen molar-refractivity contribution in [2.24, 2.45) is 0 Å². The topological polar surface area (TPSA) is 52.5 Å². The van der Waals surface area contributed by atoms with Crippen molar-refractivity contribution in [1.29, 1.82) is 0 Å². The van der Waals surface area contributed by atoms with E-state index in [9.17, 15) is 0 Å². The molecule has 0 aliphatic rings. The molecule has 3 nitrogen and oxygen atoms in total. The zero-order chi connectivity index (χ0) is 6.41. The number of nitrogens with one attached hydrogen (secondary N) is 1. The molecule has 0 aromatic carbocycles. The van der Waals surface area contributed by atoms with Crippen LogP contribution in [0.25, 0.3) is 0 Å². The Labute approximate surface area is 62.2 Å². The molecule has 0 spiro atoms. The van der Waals surface area contributed by atoms with Gasteiger partial charge in [0.1, 0.15) is 0 Å². The Kier molecular flexibility index (Phi) is 6.18. The molecular formula is C4H10INO2. The van der Waals surface area contributed by atoms with E-state index in [0.29, 0.717) is 6.54 Å². The van der Waals surface area contributed by atoms with Gasteiger partial charge in [-0.15, -0.1) is 0 Å². The molecule has 1 atom stereocenters. The molecule has 0 saturated carbocycles. The highest BCUT2D eigenvalue weighted by Gasteiger charge is 1.97. The predicted molar refractivity (Wildman–Crippen MR) is 40.0 cm³/mol. The number of aliphatic hydroxyl groups is 2. The van der Waals surface area contributed by atoms with Gasteiger partial charge in [0.05, 0.1) is 12.7 Å². The van der Waals surface area contributed by atoms with Gasteiger partial charge in [0, 0.05) is 11.1 Å². The Morgan fingerprint density at radius 2 is 2.25 bits per heavy atom. The van der Waals surface area contributed by atoms with Crippen LogP contribution in [0.4, 0.5) is 0 Å². The Morgan fingerprint density at radius 1 is 1.62 bits per heavy atom. The average Bonchev–Trinajstić information content (AvgIpc) is 1.83. The molecule has 0 aliphatic heterocycles. The average molecular weight is 231 g/mol. The number of alkyl halides is 1. The van der Waals surface area contributed by atoms with Gasteiger partial charge in [-0.25, -0.2) is 0 Å². The van der Waals surface area contributed by atoms with Gasteiger partial charge in [-0.3, -0.25) is 0 Å². The molecule has 3 N–H and O–H groups in total. The van der Waals surface area contributed by atoms with Crippen LogP contribution in [0.2, 0.25) is 0 Å². The second kappa shape index (κ2) is 5.74. The third kappa shape index (κ3) is 4.76. The van der Waals surface area contributed by atoms with Gasteiger partial charge < -0.3 is 15.5 Å². The van der Waals surface area contributed by atoms with E-state index in [-0.39, 0.29) is 6.61 Å². The van der Waals surface area contributed by atoms with Gasteiger partial charge in [0.2, 0.25) is 0 Å². The van der Waals surface area contributed by atoms with E-state index in [1.807, 2.05) is 0 Å². The molecule has 8 heavy (non-hydrogen) atoms. The van der Waals surface area contributed by atoms with Crippen LogP contribution in [0, 0.1) is 0 Å². The molecule has 0 aromatic heterocycles. The van der Waals surface area contributed by atoms with E-state index >= 15 is 0 Å². The molecular weight excluding hydrogens is 221 g/mol. The van der Waals surface area contributed by atoms with Crippen molar-refractivity contribution in [2.75, 3.05) is 17.7 Å². The zero-order valence-corrected chi connectivity index (χ0v) is 6.63. The maximum Gasteiger partial charge on any atom is 0.0895 e. The highest BCUT2D eigenvalue weighted by molar-refractivity contribution is 14.1. The van der Waals surface area contributed by atoms with Crippen LogP contribution < -0.4 is 5.32 Å². The molecule has 0 heterocycles. The van der Waals surface area contributed by atoms with Gasteiger partial charge in [-0.1, -0.05) is 22.6 Å². The number of rotatable bonds is 4. The quantitative estimate of drug-likeness (QED) is 0.341. The smallest absolute Gasteiger partial charge is 0.0895 e. The van der Waals surface area contributed by atoms with Gasteiger partial charge in [0.15, 0.2) is 0 Å². The fraction of sp³-hybridized carbons (Fsp3) is 1.00. The number of hydrogen-bond donors (Lipinski definition) is 3. The van der Waals surface area contributed by atoms with Crippen LogP contribution in [-0.4, -0.2) is 34.0 Å². The summed E-state index contributed by atoms with van der Waals surface area (Å²) in [6.45, 7) is 0.309. The first-order valence-electron chi connectivity index (χ1n) is 2.37. The van der Waals surface area contributed by atoms with Gasteiger partial charge >= 0.3 is 0 Å². The van der Waals surface area contributed by atoms with Crippen LogP contribution in [0.1, 0.15) is 0 Å². The number of hydrogen-bond acceptors (Lipinski definition) is 3. The molecule has 0 aliphatic carbocycles. The second-order valence-corrected chi connectivity index (χ2v) is 2.19. The maximum atomic E-state index is 8.67. The normalized spacial score (nSPS) is 13.9. The minimum atomic E-state index is -0.607. The first kappa shape index (κ1) is 8.61. The minimum absolute atomic E-state index is 0.163. The van der Waals surface area contributed by atoms with Crippen molar-refractivity contribution >= 4 is 22.6 Å². The van der Waals surface area contributed by atoms with Crippen molar-refractivity contribution in [3.05, 3.63) is 0 Å². The summed E-state index contributed by atoms with van der Waals surface area (Å²) in [5.41, 5.74) is 0. The summed E-state index contributed by atoms with van der Waals surface area (Å²) in [4.78, 5) is 0. The highest BCUT2D eigenvalue weighted by atomic mass is 127. The molecule has 0 aromatic rings. The Hall–Kier alpha value is 0.610. The van der Waals surface area contributed by atoms with Crippen LogP contribution in [-0.2, 0) is 0 Å². The molecule has 50 valence electrons. The molecule has 0 rings (SSSR count). The van der Waals surface area contributed by atoms with Crippen molar-refractivity contribution in [3.8, 4) is 0 Å². The maximum absolute atomic E-state index is 8.67. The van der Waals surface area contributed by atoms with Crippen molar-refractivity contribution < 1.29 is 10.2 Å². The van der Waals surface area contributed by atoms with Crippen LogP contribution in [0.15, 0.2) is 0 Å². The van der Waals surface area contributed by atoms with Gasteiger partial charge in [0.25, 0.3) is 0 Å². The molecule has 0 fully saturated rings. The summed E-state index contributed by atoms with van der Waals surface area (Å²) in [7, 11) is 0. The Morgan fingerprint density at radius 3 is 2.62 bits per heavy atom. The second-order valence-electron chi connectivity index (χ2n) is 1.42. The lowest BCUT2D eigenvalue weighted by molar-refractivity contribution is 0.0960. The minimum Gasteiger partial charge on any atom is -0.394 e. The number of aliphatic hydroxyl groups excluding tert-OH is 2. The van der Waals surface area contributed by atoms with Crippen molar-refractivity contribution in [1.82, 2.24) is 5.32 Å². The van der Waals surface area contributed by atoms with Gasteiger partial charge in [-0.05, 0) is 0 Å². The third-order valence-corrected chi connectivity index (χ3v) is 1.22. The molecule has 4 heteroatoms. The van der Waals surface area contributed by atoms with Crippen molar-refractivity contribution in [2.45, 2.75) is 6.10 Å². The summed E-state index contributed by atoms with van der Waals surface area (Å²) < 4.78 is 0.800. The van der Waals surface area contributed by atoms with Crippen LogP contribution in [0.3, 0.4) is 0 Å². The summed E-state index contributed by atoms with van der Waals surface area (Å²) in [6, 6.07) is 0. The fourth-order valence-electron chi connectivity index (χ4n) is 0.286. The first-order valence-corrected chi connectivity index (χ1v) is 3.89. The summed E-state index contributed by atoms with van der Waals surface area (Å²) in [5, 5.41) is 19.8. The standard InChI is InChI=1S/C4H10INO2/c5-3-6-1-4(8)2-7/h4,6-8H,1-3H2. The fourth-order valence-corrected chi connectivity index (χ4v) is 0.597. The number of halogens is 1. The molecule has 0 amide bonds. The van der Waals surface area contributed by atoms with E-state index in [1.165, 1.54) is 0 Å². The molecule has 0 bridgehead atoms. The monoisotopic (exact) mass is 231 g/mol. The Balaban J connectivity index is 2.86. The zero-order valence-electron chi connectivity index (χ0n) is 4.47. The SMILES string of the molecule is OCC(O)CNCI. The summed E-state index contributed by atoms with van der Waals surface area (Å²) in [6.07, 6.45) is -0.607.